The van der Waals surface area contributed by atoms with Gasteiger partial charge in [-0.25, -0.2) is 0 Å². The summed E-state index contributed by atoms with van der Waals surface area (Å²) in [4.78, 5) is 25.5. The minimum Gasteiger partial charge on any atom is -0.496 e. The number of carbonyl (C=O) groups excluding carboxylic acids is 1. The number of H-pyrrole nitrogens is 1. The van der Waals surface area contributed by atoms with E-state index in [-0.39, 0.29) is 11.5 Å². The fraction of sp³-hybridized carbons (Fsp3) is 0.190. The highest BCUT2D eigenvalue weighted by molar-refractivity contribution is 6.04. The van der Waals surface area contributed by atoms with Crippen LogP contribution in [0.15, 0.2) is 53.3 Å². The molecule has 0 aliphatic heterocycles. The Kier molecular flexibility index (Phi) is 4.57. The van der Waals surface area contributed by atoms with Gasteiger partial charge in [0.05, 0.1) is 23.6 Å². The van der Waals surface area contributed by atoms with Crippen LogP contribution in [-0.2, 0) is 6.54 Å². The summed E-state index contributed by atoms with van der Waals surface area (Å²) in [7, 11) is 1.53. The molecule has 2 aromatic carbocycles. The number of para-hydroxylation sites is 2. The Morgan fingerprint density at radius 3 is 2.75 bits per heavy atom. The van der Waals surface area contributed by atoms with Crippen LogP contribution in [0.5, 0.6) is 5.75 Å². The highest BCUT2D eigenvalue weighted by Gasteiger charge is 2.15. The number of hydrogen-bond acceptors (Lipinski definition) is 4. The molecule has 7 nitrogen and oxygen atoms in total. The minimum absolute atomic E-state index is 0.119. The first kappa shape index (κ1) is 17.8. The molecule has 0 fully saturated rings. The number of fused-ring (bicyclic) bond motifs is 3. The number of nitrogens with zero attached hydrogens (tertiary/aromatic N) is 2. The molecular weight excluding hydrogens is 356 g/mol. The summed E-state index contributed by atoms with van der Waals surface area (Å²) in [5.74, 6) is 0.272. The van der Waals surface area contributed by atoms with Gasteiger partial charge in [0.25, 0.3) is 11.5 Å². The monoisotopic (exact) mass is 376 g/mol. The van der Waals surface area contributed by atoms with Crippen LogP contribution >= 0.6 is 0 Å². The summed E-state index contributed by atoms with van der Waals surface area (Å²) in [6.45, 7) is 2.49. The van der Waals surface area contributed by atoms with Crippen molar-refractivity contribution in [1.29, 1.82) is 0 Å². The van der Waals surface area contributed by atoms with E-state index in [0.29, 0.717) is 35.3 Å². The summed E-state index contributed by atoms with van der Waals surface area (Å²) in [6.07, 6.45) is 0. The van der Waals surface area contributed by atoms with Gasteiger partial charge in [-0.2, -0.15) is 5.10 Å². The van der Waals surface area contributed by atoms with Crippen LogP contribution in [0, 0.1) is 6.92 Å². The predicted molar refractivity (Wildman–Crippen MR) is 108 cm³/mol. The van der Waals surface area contributed by atoms with Crippen LogP contribution in [0.4, 0.5) is 0 Å². The van der Waals surface area contributed by atoms with Crippen LogP contribution in [0.25, 0.3) is 21.8 Å². The molecule has 2 aromatic heterocycles. The molecule has 142 valence electrons. The predicted octanol–water partition coefficient (Wildman–Crippen LogP) is 2.62. The number of aryl methyl sites for hydroxylation is 1. The van der Waals surface area contributed by atoms with Gasteiger partial charge < -0.3 is 14.6 Å². The number of aromatic amines is 1. The van der Waals surface area contributed by atoms with Gasteiger partial charge in [0.1, 0.15) is 11.3 Å². The van der Waals surface area contributed by atoms with Crippen molar-refractivity contribution in [1.82, 2.24) is 20.1 Å². The molecule has 28 heavy (non-hydrogen) atoms. The van der Waals surface area contributed by atoms with Gasteiger partial charge in [-0.1, -0.05) is 30.3 Å². The maximum Gasteiger partial charge on any atom is 0.262 e. The molecule has 0 saturated heterocycles. The van der Waals surface area contributed by atoms with Gasteiger partial charge in [-0.15, -0.1) is 0 Å². The number of methoxy groups -OCH3 is 1. The fourth-order valence-electron chi connectivity index (χ4n) is 3.47. The Hall–Kier alpha value is -3.61. The van der Waals surface area contributed by atoms with E-state index in [1.807, 2.05) is 37.3 Å². The average molecular weight is 376 g/mol. The highest BCUT2D eigenvalue weighted by atomic mass is 16.5. The topological polar surface area (TPSA) is 89.0 Å². The molecule has 1 amide bonds. The Balaban J connectivity index is 1.65. The third kappa shape index (κ3) is 2.90. The number of benzene rings is 2. The summed E-state index contributed by atoms with van der Waals surface area (Å²) < 4.78 is 6.92. The summed E-state index contributed by atoms with van der Waals surface area (Å²) in [6, 6.07) is 14.7. The lowest BCUT2D eigenvalue weighted by Gasteiger charge is -2.13. The number of rotatable bonds is 5. The molecule has 0 aliphatic rings. The molecule has 0 atom stereocenters. The van der Waals surface area contributed by atoms with Crippen molar-refractivity contribution in [3.05, 3.63) is 70.1 Å². The summed E-state index contributed by atoms with van der Waals surface area (Å²) in [5.41, 5.74) is 2.54. The normalized spacial score (nSPS) is 11.1. The second-order valence-corrected chi connectivity index (χ2v) is 6.50. The maximum absolute atomic E-state index is 13.0. The van der Waals surface area contributed by atoms with E-state index in [4.69, 9.17) is 4.74 Å². The quantitative estimate of drug-likeness (QED) is 0.560. The van der Waals surface area contributed by atoms with E-state index in [0.717, 1.165) is 16.6 Å². The zero-order chi connectivity index (χ0) is 19.7. The first-order valence-corrected chi connectivity index (χ1v) is 8.99. The zero-order valence-electron chi connectivity index (χ0n) is 15.7. The van der Waals surface area contributed by atoms with Gasteiger partial charge in [0.15, 0.2) is 0 Å². The Bertz CT molecular complexity index is 1240. The van der Waals surface area contributed by atoms with Crippen LogP contribution in [0.3, 0.4) is 0 Å². The lowest BCUT2D eigenvalue weighted by Crippen LogP contribution is -2.31. The van der Waals surface area contributed by atoms with Crippen LogP contribution < -0.4 is 15.6 Å². The fourth-order valence-corrected chi connectivity index (χ4v) is 3.47. The van der Waals surface area contributed by atoms with Gasteiger partial charge in [0.2, 0.25) is 0 Å². The molecule has 0 unspecified atom stereocenters. The Morgan fingerprint density at radius 2 is 1.93 bits per heavy atom. The number of nitrogens with one attached hydrogen (secondary N) is 2. The van der Waals surface area contributed by atoms with Crippen molar-refractivity contribution in [2.45, 2.75) is 13.5 Å². The zero-order valence-corrected chi connectivity index (χ0v) is 15.7. The van der Waals surface area contributed by atoms with Crippen LogP contribution in [0.1, 0.15) is 16.1 Å². The molecule has 0 saturated carbocycles. The van der Waals surface area contributed by atoms with Crippen molar-refractivity contribution >= 4 is 27.7 Å². The smallest absolute Gasteiger partial charge is 0.262 e. The second-order valence-electron chi connectivity index (χ2n) is 6.50. The first-order valence-electron chi connectivity index (χ1n) is 8.99. The molecular formula is C21H20N4O3. The SMILES string of the molecule is COc1ccccc1C(=O)NCCn1c(=O)c2c(C)[nH]nc2c2ccccc21. The van der Waals surface area contributed by atoms with Crippen molar-refractivity contribution in [2.24, 2.45) is 0 Å². The molecule has 7 heteroatoms. The summed E-state index contributed by atoms with van der Waals surface area (Å²) >= 11 is 0. The van der Waals surface area contributed by atoms with Crippen molar-refractivity contribution < 1.29 is 9.53 Å². The van der Waals surface area contributed by atoms with Crippen LogP contribution in [-0.4, -0.2) is 34.3 Å². The molecule has 0 aliphatic carbocycles. The summed E-state index contributed by atoms with van der Waals surface area (Å²) in [5, 5.41) is 11.5. The third-order valence-electron chi connectivity index (χ3n) is 4.83. The van der Waals surface area contributed by atoms with Gasteiger partial charge in [0, 0.05) is 24.2 Å². The van der Waals surface area contributed by atoms with E-state index < -0.39 is 0 Å². The van der Waals surface area contributed by atoms with Crippen molar-refractivity contribution in [2.75, 3.05) is 13.7 Å². The molecule has 0 spiro atoms. The molecule has 4 rings (SSSR count). The third-order valence-corrected chi connectivity index (χ3v) is 4.83. The molecule has 4 aromatic rings. The standard InChI is InChI=1S/C21H20N4O3/c1-13-18-19(24-23-13)14-7-3-5-9-16(14)25(21(18)27)12-11-22-20(26)15-8-4-6-10-17(15)28-2/h3-10H,11-12H2,1-2H3,(H,22,26)(H,23,24). The molecule has 2 heterocycles. The number of amides is 1. The second kappa shape index (κ2) is 7.19. The molecule has 0 radical (unpaired) electrons. The highest BCUT2D eigenvalue weighted by Crippen LogP contribution is 2.22. The largest absolute Gasteiger partial charge is 0.496 e. The number of aromatic nitrogens is 3. The van der Waals surface area contributed by atoms with Gasteiger partial charge in [-0.3, -0.25) is 14.7 Å². The van der Waals surface area contributed by atoms with Crippen LogP contribution in [0.2, 0.25) is 0 Å². The number of carbonyl (C=O) groups is 1. The lowest BCUT2D eigenvalue weighted by atomic mass is 10.1. The average Bonchev–Trinajstić information content (AvgIpc) is 3.12. The van der Waals surface area contributed by atoms with Gasteiger partial charge in [-0.05, 0) is 25.1 Å². The lowest BCUT2D eigenvalue weighted by molar-refractivity contribution is 0.0949. The van der Waals surface area contributed by atoms with E-state index in [1.54, 1.807) is 22.8 Å². The molecule has 0 bridgehead atoms. The molecule has 2 N–H and O–H groups in total. The van der Waals surface area contributed by atoms with Gasteiger partial charge >= 0.3 is 0 Å². The minimum atomic E-state index is -0.240. The number of ether oxygens (including phenoxy) is 1. The first-order chi connectivity index (χ1) is 13.6. The van der Waals surface area contributed by atoms with E-state index in [1.165, 1.54) is 7.11 Å². The maximum atomic E-state index is 13.0. The Morgan fingerprint density at radius 1 is 1.18 bits per heavy atom. The number of pyridine rings is 1. The van der Waals surface area contributed by atoms with E-state index in [9.17, 15) is 9.59 Å². The van der Waals surface area contributed by atoms with E-state index >= 15 is 0 Å². The van der Waals surface area contributed by atoms with E-state index in [2.05, 4.69) is 15.5 Å². The van der Waals surface area contributed by atoms with Crippen molar-refractivity contribution in [3.8, 4) is 5.75 Å². The number of hydrogen-bond donors (Lipinski definition) is 2. The Labute approximate surface area is 160 Å². The van der Waals surface area contributed by atoms with Crippen molar-refractivity contribution in [3.63, 3.8) is 0 Å².